The monoisotopic (exact) mass is 521 g/mol. The van der Waals surface area contributed by atoms with Crippen molar-refractivity contribution in [2.75, 3.05) is 54.7 Å². The number of hydrogen-bond donors (Lipinski definition) is 1. The lowest BCUT2D eigenvalue weighted by Gasteiger charge is -2.11. The van der Waals surface area contributed by atoms with E-state index in [0.29, 0.717) is 42.4 Å². The van der Waals surface area contributed by atoms with E-state index in [0.717, 1.165) is 35.8 Å². The van der Waals surface area contributed by atoms with Crippen molar-refractivity contribution in [2.45, 2.75) is 6.42 Å². The summed E-state index contributed by atoms with van der Waals surface area (Å²) in [4.78, 5) is 12.5. The van der Waals surface area contributed by atoms with E-state index in [1.165, 1.54) is 7.11 Å². The summed E-state index contributed by atoms with van der Waals surface area (Å²) in [5.41, 5.74) is 1.87. The molecule has 0 atom stereocenters. The molecule has 0 heterocycles. The second-order valence-electron chi connectivity index (χ2n) is 8.17. The number of para-hydroxylation sites is 2. The predicted octanol–water partition coefficient (Wildman–Crippen LogP) is 4.86. The molecule has 0 amide bonds. The van der Waals surface area contributed by atoms with Gasteiger partial charge in [-0.05, 0) is 66.6 Å². The average Bonchev–Trinajstić information content (AvgIpc) is 2.97. The van der Waals surface area contributed by atoms with Crippen molar-refractivity contribution in [3.63, 3.8) is 0 Å². The highest BCUT2D eigenvalue weighted by atomic mass is 16.5. The molecule has 8 nitrogen and oxygen atoms in total. The van der Waals surface area contributed by atoms with Crippen LogP contribution >= 0.6 is 0 Å². The van der Waals surface area contributed by atoms with Gasteiger partial charge in [-0.2, -0.15) is 0 Å². The fourth-order valence-corrected chi connectivity index (χ4v) is 3.66. The molecule has 0 aliphatic carbocycles. The number of hydrogen-bond acceptors (Lipinski definition) is 8. The van der Waals surface area contributed by atoms with Crippen LogP contribution in [-0.4, -0.2) is 60.7 Å². The largest absolute Gasteiger partial charge is 0.497 e. The molecular weight excluding hydrogens is 486 g/mol. The van der Waals surface area contributed by atoms with E-state index in [9.17, 15) is 4.79 Å². The number of methoxy groups -OCH3 is 4. The second kappa shape index (κ2) is 15.2. The van der Waals surface area contributed by atoms with Gasteiger partial charge in [0, 0.05) is 12.6 Å². The number of ether oxygens (including phenoxy) is 6. The Morgan fingerprint density at radius 3 is 2.05 bits per heavy atom. The molecule has 202 valence electrons. The zero-order valence-electron chi connectivity index (χ0n) is 22.3. The van der Waals surface area contributed by atoms with Crippen molar-refractivity contribution >= 4 is 17.6 Å². The van der Waals surface area contributed by atoms with Crippen molar-refractivity contribution in [3.8, 4) is 28.7 Å². The molecule has 0 spiro atoms. The van der Waals surface area contributed by atoms with Crippen LogP contribution in [0.5, 0.6) is 28.7 Å². The van der Waals surface area contributed by atoms with E-state index < -0.39 is 5.97 Å². The summed E-state index contributed by atoms with van der Waals surface area (Å²) in [7, 11) is 6.15. The first-order valence-corrected chi connectivity index (χ1v) is 12.3. The highest BCUT2D eigenvalue weighted by molar-refractivity contribution is 6.21. The lowest BCUT2D eigenvalue weighted by atomic mass is 10.0. The number of nitrogens with one attached hydrogen (secondary N) is 1. The smallest absolute Gasteiger partial charge is 0.338 e. The molecule has 0 aromatic heterocycles. The summed E-state index contributed by atoms with van der Waals surface area (Å²) < 4.78 is 32.6. The van der Waals surface area contributed by atoms with Crippen molar-refractivity contribution in [1.29, 1.82) is 0 Å². The molecule has 0 aliphatic rings. The molecule has 0 bridgehead atoms. The van der Waals surface area contributed by atoms with Crippen LogP contribution in [0.4, 0.5) is 0 Å². The fraction of sp³-hybridized carbons (Fsp3) is 0.300. The van der Waals surface area contributed by atoms with Gasteiger partial charge < -0.3 is 33.7 Å². The van der Waals surface area contributed by atoms with Gasteiger partial charge in [-0.3, -0.25) is 0 Å². The van der Waals surface area contributed by atoms with E-state index in [-0.39, 0.29) is 0 Å². The molecule has 0 unspecified atom stereocenters. The Hall–Kier alpha value is -4.17. The Morgan fingerprint density at radius 1 is 0.737 bits per heavy atom. The molecule has 3 rings (SSSR count). The first-order chi connectivity index (χ1) is 18.6. The Kier molecular flexibility index (Phi) is 11.3. The Morgan fingerprint density at radius 2 is 1.42 bits per heavy atom. The highest BCUT2D eigenvalue weighted by Gasteiger charge is 2.14. The second-order valence-corrected chi connectivity index (χ2v) is 8.17. The van der Waals surface area contributed by atoms with Crippen LogP contribution in [0.25, 0.3) is 11.6 Å². The standard InChI is InChI=1S/C30H35NO7/c1-33-25-18-22(19-26(21-25)34-2)20-27(30(32)36-4)23-10-12-24(13-11-23)37-16-7-14-31-15-17-38-29-9-6-5-8-28(29)35-3/h5-6,8-13,18-21,31H,7,14-17H2,1-4H3/b27-20+. The van der Waals surface area contributed by atoms with E-state index in [4.69, 9.17) is 28.4 Å². The highest BCUT2D eigenvalue weighted by Crippen LogP contribution is 2.28. The molecule has 0 fully saturated rings. The van der Waals surface area contributed by atoms with Crippen LogP contribution in [0.2, 0.25) is 0 Å². The van der Waals surface area contributed by atoms with Crippen LogP contribution in [0.1, 0.15) is 17.5 Å². The maximum absolute atomic E-state index is 12.5. The van der Waals surface area contributed by atoms with E-state index in [2.05, 4.69) is 5.32 Å². The maximum Gasteiger partial charge on any atom is 0.338 e. The third-order valence-corrected chi connectivity index (χ3v) is 5.63. The number of carbonyl (C=O) groups excluding carboxylic acids is 1. The molecule has 0 saturated carbocycles. The van der Waals surface area contributed by atoms with Gasteiger partial charge in [0.1, 0.15) is 23.9 Å². The third kappa shape index (κ3) is 8.45. The van der Waals surface area contributed by atoms with Gasteiger partial charge in [-0.1, -0.05) is 24.3 Å². The molecule has 1 N–H and O–H groups in total. The van der Waals surface area contributed by atoms with Gasteiger partial charge in [0.2, 0.25) is 0 Å². The summed E-state index contributed by atoms with van der Waals surface area (Å²) >= 11 is 0. The van der Waals surface area contributed by atoms with Gasteiger partial charge in [0.15, 0.2) is 11.5 Å². The van der Waals surface area contributed by atoms with Crippen LogP contribution in [0.15, 0.2) is 66.7 Å². The minimum atomic E-state index is -0.443. The molecular formula is C30H35NO7. The van der Waals surface area contributed by atoms with Gasteiger partial charge in [-0.15, -0.1) is 0 Å². The van der Waals surface area contributed by atoms with Crippen molar-refractivity contribution in [1.82, 2.24) is 5.32 Å². The Balaban J connectivity index is 1.48. The lowest BCUT2D eigenvalue weighted by Crippen LogP contribution is -2.23. The number of rotatable bonds is 15. The third-order valence-electron chi connectivity index (χ3n) is 5.63. The van der Waals surface area contributed by atoms with Gasteiger partial charge in [0.25, 0.3) is 0 Å². The summed E-state index contributed by atoms with van der Waals surface area (Å²) in [5, 5.41) is 3.34. The maximum atomic E-state index is 12.5. The summed E-state index contributed by atoms with van der Waals surface area (Å²) in [6.07, 6.45) is 2.58. The summed E-state index contributed by atoms with van der Waals surface area (Å²) in [5.74, 6) is 2.99. The zero-order chi connectivity index (χ0) is 27.2. The van der Waals surface area contributed by atoms with E-state index in [1.54, 1.807) is 33.5 Å². The number of carbonyl (C=O) groups is 1. The Bertz CT molecular complexity index is 1170. The normalized spacial score (nSPS) is 11.0. The topological polar surface area (TPSA) is 84.5 Å². The number of benzene rings is 3. The SMILES string of the molecule is COC(=O)/C(=C/c1cc(OC)cc(OC)c1)c1ccc(OCCCNCCOc2ccccc2OC)cc1. The minimum absolute atomic E-state index is 0.411. The molecule has 3 aromatic rings. The van der Waals surface area contributed by atoms with E-state index >= 15 is 0 Å². The lowest BCUT2D eigenvalue weighted by molar-refractivity contribution is -0.133. The zero-order valence-corrected chi connectivity index (χ0v) is 22.3. The van der Waals surface area contributed by atoms with Gasteiger partial charge in [0.05, 0.1) is 40.6 Å². The molecule has 0 saturated heterocycles. The van der Waals surface area contributed by atoms with Gasteiger partial charge in [-0.25, -0.2) is 4.79 Å². The van der Waals surface area contributed by atoms with Crippen LogP contribution < -0.4 is 29.0 Å². The van der Waals surface area contributed by atoms with Crippen molar-refractivity contribution < 1.29 is 33.2 Å². The number of esters is 1. The summed E-state index contributed by atoms with van der Waals surface area (Å²) in [6, 6.07) is 20.3. The van der Waals surface area contributed by atoms with Crippen molar-refractivity contribution in [3.05, 3.63) is 77.9 Å². The molecule has 3 aromatic carbocycles. The van der Waals surface area contributed by atoms with Crippen molar-refractivity contribution in [2.24, 2.45) is 0 Å². The predicted molar refractivity (Wildman–Crippen MR) is 147 cm³/mol. The van der Waals surface area contributed by atoms with Gasteiger partial charge >= 0.3 is 5.97 Å². The fourth-order valence-electron chi connectivity index (χ4n) is 3.66. The average molecular weight is 522 g/mol. The van der Waals surface area contributed by atoms with Crippen LogP contribution in [0.3, 0.4) is 0 Å². The first kappa shape index (κ1) is 28.4. The Labute approximate surface area is 224 Å². The molecule has 0 radical (unpaired) electrons. The molecule has 0 aliphatic heterocycles. The molecule has 8 heteroatoms. The summed E-state index contributed by atoms with van der Waals surface area (Å²) in [6.45, 7) is 2.62. The van der Waals surface area contributed by atoms with Crippen LogP contribution in [0, 0.1) is 0 Å². The molecule has 38 heavy (non-hydrogen) atoms. The quantitative estimate of drug-likeness (QED) is 0.131. The van der Waals surface area contributed by atoms with Crippen LogP contribution in [-0.2, 0) is 9.53 Å². The first-order valence-electron chi connectivity index (χ1n) is 12.3. The van der Waals surface area contributed by atoms with E-state index in [1.807, 2.05) is 60.7 Å². The minimum Gasteiger partial charge on any atom is -0.497 e.